The molecule has 2 N–H and O–H groups in total. The molecule has 2 heterocycles. The number of halogens is 1. The molecule has 3 aromatic carbocycles. The maximum absolute atomic E-state index is 12.1. The van der Waals surface area contributed by atoms with Gasteiger partial charge in [-0.05, 0) is 63.8 Å². The molecule has 142 valence electrons. The van der Waals surface area contributed by atoms with Crippen LogP contribution in [0.1, 0.15) is 15.9 Å². The summed E-state index contributed by atoms with van der Waals surface area (Å²) >= 11 is 7.73. The zero-order chi connectivity index (χ0) is 20.0. The standard InChI is InChI=1S/C24H17ClN2OS/c25-18-7-4-16(5-8-18)17-6-9-19-22(12-17)27(13-15-10-11-29-14-15)21-3-1-2-20(23(19)21)24(26)28/h1-12,14H,13H2,(H2,26,28). The molecule has 29 heavy (non-hydrogen) atoms. The molecule has 0 saturated heterocycles. The van der Waals surface area contributed by atoms with Crippen molar-refractivity contribution in [3.63, 3.8) is 0 Å². The van der Waals surface area contributed by atoms with Crippen LogP contribution in [0.2, 0.25) is 5.02 Å². The molecule has 5 heteroatoms. The van der Waals surface area contributed by atoms with Crippen molar-refractivity contribution in [1.29, 1.82) is 0 Å². The number of carbonyl (C=O) groups excluding carboxylic acids is 1. The first-order valence-corrected chi connectivity index (χ1v) is 10.6. The summed E-state index contributed by atoms with van der Waals surface area (Å²) in [7, 11) is 0. The van der Waals surface area contributed by atoms with Crippen LogP contribution in [0, 0.1) is 0 Å². The van der Waals surface area contributed by atoms with E-state index >= 15 is 0 Å². The van der Waals surface area contributed by atoms with Crippen LogP contribution >= 0.6 is 22.9 Å². The molecule has 0 bridgehead atoms. The van der Waals surface area contributed by atoms with Crippen molar-refractivity contribution in [2.75, 3.05) is 0 Å². The van der Waals surface area contributed by atoms with Gasteiger partial charge < -0.3 is 10.3 Å². The van der Waals surface area contributed by atoms with E-state index in [-0.39, 0.29) is 0 Å². The van der Waals surface area contributed by atoms with Gasteiger partial charge in [0.25, 0.3) is 0 Å². The molecule has 0 aliphatic heterocycles. The molecule has 0 aliphatic carbocycles. The molecule has 5 aromatic rings. The van der Waals surface area contributed by atoms with Gasteiger partial charge in [0.2, 0.25) is 5.91 Å². The van der Waals surface area contributed by atoms with Crippen molar-refractivity contribution < 1.29 is 4.79 Å². The second-order valence-electron chi connectivity index (χ2n) is 7.02. The maximum Gasteiger partial charge on any atom is 0.249 e. The highest BCUT2D eigenvalue weighted by Crippen LogP contribution is 2.35. The number of nitrogens with zero attached hydrogens (tertiary/aromatic N) is 1. The summed E-state index contributed by atoms with van der Waals surface area (Å²) in [5.41, 5.74) is 11.8. The Morgan fingerprint density at radius 3 is 2.48 bits per heavy atom. The minimum atomic E-state index is -0.410. The van der Waals surface area contributed by atoms with Crippen LogP contribution in [-0.4, -0.2) is 10.5 Å². The Morgan fingerprint density at radius 1 is 0.966 bits per heavy atom. The second-order valence-corrected chi connectivity index (χ2v) is 8.24. The van der Waals surface area contributed by atoms with Gasteiger partial charge in [0.15, 0.2) is 0 Å². The average molecular weight is 417 g/mol. The number of carbonyl (C=O) groups is 1. The number of rotatable bonds is 4. The number of fused-ring (bicyclic) bond motifs is 3. The molecule has 0 fully saturated rings. The van der Waals surface area contributed by atoms with Crippen LogP contribution in [0.15, 0.2) is 77.5 Å². The van der Waals surface area contributed by atoms with E-state index in [1.807, 2.05) is 30.3 Å². The lowest BCUT2D eigenvalue weighted by molar-refractivity contribution is 0.100. The summed E-state index contributed by atoms with van der Waals surface area (Å²) in [5, 5.41) is 6.89. The van der Waals surface area contributed by atoms with E-state index in [0.29, 0.717) is 10.6 Å². The number of hydrogen-bond acceptors (Lipinski definition) is 2. The molecule has 0 atom stereocenters. The van der Waals surface area contributed by atoms with Crippen molar-refractivity contribution in [1.82, 2.24) is 4.57 Å². The van der Waals surface area contributed by atoms with Gasteiger partial charge in [0, 0.05) is 27.9 Å². The van der Waals surface area contributed by atoms with E-state index in [9.17, 15) is 4.79 Å². The zero-order valence-corrected chi connectivity index (χ0v) is 17.0. The van der Waals surface area contributed by atoms with Gasteiger partial charge in [-0.15, -0.1) is 0 Å². The Bertz CT molecular complexity index is 1350. The molecule has 5 rings (SSSR count). The minimum absolute atomic E-state index is 0.410. The molecule has 1 amide bonds. The molecule has 0 aliphatic rings. The summed E-state index contributed by atoms with van der Waals surface area (Å²) in [5.74, 6) is -0.410. The predicted molar refractivity (Wildman–Crippen MR) is 122 cm³/mol. The van der Waals surface area contributed by atoms with Crippen molar-refractivity contribution in [3.05, 3.63) is 93.6 Å². The van der Waals surface area contributed by atoms with E-state index in [0.717, 1.165) is 39.5 Å². The maximum atomic E-state index is 12.1. The van der Waals surface area contributed by atoms with E-state index in [1.165, 1.54) is 5.56 Å². The molecule has 2 aromatic heterocycles. The summed E-state index contributed by atoms with van der Waals surface area (Å²) in [6, 6.07) is 22.0. The van der Waals surface area contributed by atoms with Gasteiger partial charge >= 0.3 is 0 Å². The summed E-state index contributed by atoms with van der Waals surface area (Å²) in [4.78, 5) is 12.1. The van der Waals surface area contributed by atoms with Crippen LogP contribution in [0.25, 0.3) is 32.9 Å². The Morgan fingerprint density at radius 2 is 1.76 bits per heavy atom. The van der Waals surface area contributed by atoms with E-state index < -0.39 is 5.91 Å². The third kappa shape index (κ3) is 3.11. The summed E-state index contributed by atoms with van der Waals surface area (Å²) in [6.45, 7) is 0.732. The number of aromatic nitrogens is 1. The molecule has 0 radical (unpaired) electrons. The predicted octanol–water partition coefficient (Wildman–Crippen LogP) is 6.32. The quantitative estimate of drug-likeness (QED) is 0.366. The van der Waals surface area contributed by atoms with E-state index in [4.69, 9.17) is 17.3 Å². The molecular formula is C24H17ClN2OS. The van der Waals surface area contributed by atoms with Gasteiger partial charge in [0.05, 0.1) is 11.0 Å². The molecule has 3 nitrogen and oxygen atoms in total. The summed E-state index contributed by atoms with van der Waals surface area (Å²) in [6.07, 6.45) is 0. The van der Waals surface area contributed by atoms with Gasteiger partial charge in [-0.1, -0.05) is 41.9 Å². The van der Waals surface area contributed by atoms with Gasteiger partial charge in [-0.2, -0.15) is 11.3 Å². The van der Waals surface area contributed by atoms with Crippen molar-refractivity contribution in [2.24, 2.45) is 5.73 Å². The SMILES string of the molecule is NC(=O)c1cccc2c1c1ccc(-c3ccc(Cl)cc3)cc1n2Cc1ccsc1. The lowest BCUT2D eigenvalue weighted by atomic mass is 10.0. The van der Waals surface area contributed by atoms with Crippen LogP contribution in [0.5, 0.6) is 0 Å². The number of hydrogen-bond donors (Lipinski definition) is 1. The lowest BCUT2D eigenvalue weighted by Crippen LogP contribution is -2.11. The fourth-order valence-electron chi connectivity index (χ4n) is 3.91. The van der Waals surface area contributed by atoms with Crippen LogP contribution in [0.3, 0.4) is 0 Å². The van der Waals surface area contributed by atoms with Crippen LogP contribution in [0.4, 0.5) is 0 Å². The van der Waals surface area contributed by atoms with Crippen LogP contribution in [-0.2, 0) is 6.54 Å². The lowest BCUT2D eigenvalue weighted by Gasteiger charge is -2.08. The van der Waals surface area contributed by atoms with Crippen LogP contribution < -0.4 is 5.73 Å². The summed E-state index contributed by atoms with van der Waals surface area (Å²) < 4.78 is 2.26. The topological polar surface area (TPSA) is 48.0 Å². The average Bonchev–Trinajstić information content (AvgIpc) is 3.35. The van der Waals surface area contributed by atoms with E-state index in [2.05, 4.69) is 45.7 Å². The van der Waals surface area contributed by atoms with Gasteiger partial charge in [-0.3, -0.25) is 4.79 Å². The Labute approximate surface area is 177 Å². The minimum Gasteiger partial charge on any atom is -0.366 e. The first-order valence-electron chi connectivity index (χ1n) is 9.23. The molecular weight excluding hydrogens is 400 g/mol. The second kappa shape index (κ2) is 7.07. The first kappa shape index (κ1) is 18.0. The smallest absolute Gasteiger partial charge is 0.249 e. The Hall–Kier alpha value is -3.08. The number of amides is 1. The third-order valence-electron chi connectivity index (χ3n) is 5.25. The zero-order valence-electron chi connectivity index (χ0n) is 15.4. The highest BCUT2D eigenvalue weighted by atomic mass is 35.5. The first-order chi connectivity index (χ1) is 14.1. The Kier molecular flexibility index (Phi) is 4.38. The largest absolute Gasteiger partial charge is 0.366 e. The monoisotopic (exact) mass is 416 g/mol. The van der Waals surface area contributed by atoms with Gasteiger partial charge in [0.1, 0.15) is 0 Å². The van der Waals surface area contributed by atoms with Crippen molar-refractivity contribution >= 4 is 50.7 Å². The third-order valence-corrected chi connectivity index (χ3v) is 6.24. The highest BCUT2D eigenvalue weighted by molar-refractivity contribution is 7.07. The Balaban J connectivity index is 1.81. The van der Waals surface area contributed by atoms with E-state index in [1.54, 1.807) is 17.4 Å². The fraction of sp³-hybridized carbons (Fsp3) is 0.0417. The number of benzene rings is 3. The highest BCUT2D eigenvalue weighted by Gasteiger charge is 2.17. The molecule has 0 spiro atoms. The van der Waals surface area contributed by atoms with Crippen molar-refractivity contribution in [3.8, 4) is 11.1 Å². The fourth-order valence-corrected chi connectivity index (χ4v) is 4.69. The molecule has 0 saturated carbocycles. The number of primary amides is 1. The normalized spacial score (nSPS) is 11.3. The van der Waals surface area contributed by atoms with Gasteiger partial charge in [-0.25, -0.2) is 0 Å². The molecule has 0 unspecified atom stereocenters. The van der Waals surface area contributed by atoms with Crippen molar-refractivity contribution in [2.45, 2.75) is 6.54 Å². The number of nitrogens with two attached hydrogens (primary N) is 1. The number of thiophene rings is 1.